The molecule has 1 aliphatic rings. The maximum absolute atomic E-state index is 13.5. The fraction of sp³-hybridized carbons (Fsp3) is 0.160. The largest absolute Gasteiger partial charge is 0.494 e. The van der Waals surface area contributed by atoms with Crippen LogP contribution >= 0.6 is 0 Å². The SMILES string of the molecule is CCOc1ccc(C2C(C(=O)Nc3cccnc3)=C(C)Nc3nc(-c4ccncc4)nn32)cc1. The van der Waals surface area contributed by atoms with Gasteiger partial charge in [0, 0.05) is 29.9 Å². The number of ether oxygens (including phenoxy) is 1. The van der Waals surface area contributed by atoms with Crippen molar-refractivity contribution in [1.29, 1.82) is 0 Å². The van der Waals surface area contributed by atoms with E-state index in [4.69, 9.17) is 9.84 Å². The van der Waals surface area contributed by atoms with Crippen LogP contribution in [0.15, 0.2) is 84.6 Å². The van der Waals surface area contributed by atoms with E-state index in [1.165, 1.54) is 0 Å². The van der Waals surface area contributed by atoms with Crippen molar-refractivity contribution >= 4 is 17.5 Å². The molecule has 0 bridgehead atoms. The van der Waals surface area contributed by atoms with E-state index in [0.29, 0.717) is 35.3 Å². The number of rotatable bonds is 6. The molecule has 0 saturated heterocycles. The Hall–Kier alpha value is -4.53. The second-order valence-corrected chi connectivity index (χ2v) is 7.70. The summed E-state index contributed by atoms with van der Waals surface area (Å²) < 4.78 is 7.35. The Morgan fingerprint density at radius 2 is 1.88 bits per heavy atom. The third-order valence-corrected chi connectivity index (χ3v) is 5.46. The molecule has 170 valence electrons. The normalized spacial score (nSPS) is 14.8. The number of anilines is 2. The Kier molecular flexibility index (Phi) is 5.73. The lowest BCUT2D eigenvalue weighted by Crippen LogP contribution is -2.31. The van der Waals surface area contributed by atoms with Crippen molar-refractivity contribution in [3.05, 3.63) is 90.2 Å². The molecular formula is C25H23N7O2. The zero-order chi connectivity index (χ0) is 23.5. The Morgan fingerprint density at radius 3 is 2.59 bits per heavy atom. The van der Waals surface area contributed by atoms with Crippen LogP contribution in [0.5, 0.6) is 5.75 Å². The average Bonchev–Trinajstić information content (AvgIpc) is 3.29. The summed E-state index contributed by atoms with van der Waals surface area (Å²) in [6.45, 7) is 4.38. The summed E-state index contributed by atoms with van der Waals surface area (Å²) in [6.07, 6.45) is 6.66. The molecule has 4 aromatic rings. The van der Waals surface area contributed by atoms with Gasteiger partial charge in [-0.1, -0.05) is 12.1 Å². The Labute approximate surface area is 196 Å². The number of aromatic nitrogens is 5. The number of allylic oxidation sites excluding steroid dienone is 1. The highest BCUT2D eigenvalue weighted by atomic mass is 16.5. The van der Waals surface area contributed by atoms with Crippen LogP contribution in [0.3, 0.4) is 0 Å². The number of nitrogens with one attached hydrogen (secondary N) is 2. The first-order valence-corrected chi connectivity index (χ1v) is 10.9. The Bertz CT molecular complexity index is 1330. The summed E-state index contributed by atoms with van der Waals surface area (Å²) in [5.41, 5.74) is 3.56. The van der Waals surface area contributed by atoms with Crippen LogP contribution in [0.1, 0.15) is 25.5 Å². The smallest absolute Gasteiger partial charge is 0.255 e. The van der Waals surface area contributed by atoms with Gasteiger partial charge in [-0.05, 0) is 55.8 Å². The van der Waals surface area contributed by atoms with Gasteiger partial charge in [0.05, 0.1) is 24.1 Å². The van der Waals surface area contributed by atoms with Crippen molar-refractivity contribution in [1.82, 2.24) is 24.7 Å². The molecule has 2 N–H and O–H groups in total. The molecule has 0 saturated carbocycles. The van der Waals surface area contributed by atoms with Crippen molar-refractivity contribution in [3.63, 3.8) is 0 Å². The number of benzene rings is 1. The van der Waals surface area contributed by atoms with Crippen molar-refractivity contribution in [2.24, 2.45) is 0 Å². The van der Waals surface area contributed by atoms with E-state index in [-0.39, 0.29) is 5.91 Å². The summed E-state index contributed by atoms with van der Waals surface area (Å²) in [5, 5.41) is 11.0. The zero-order valence-electron chi connectivity index (χ0n) is 18.8. The number of nitrogens with zero attached hydrogens (tertiary/aromatic N) is 5. The highest BCUT2D eigenvalue weighted by Crippen LogP contribution is 2.37. The molecule has 1 amide bonds. The minimum Gasteiger partial charge on any atom is -0.494 e. The molecule has 1 aliphatic heterocycles. The van der Waals surface area contributed by atoms with Crippen LogP contribution in [0.25, 0.3) is 11.4 Å². The lowest BCUT2D eigenvalue weighted by molar-refractivity contribution is -0.113. The topological polar surface area (TPSA) is 107 Å². The fourth-order valence-electron chi connectivity index (χ4n) is 3.92. The van der Waals surface area contributed by atoms with Gasteiger partial charge in [0.15, 0.2) is 5.82 Å². The van der Waals surface area contributed by atoms with Gasteiger partial charge in [-0.3, -0.25) is 14.8 Å². The van der Waals surface area contributed by atoms with Gasteiger partial charge in [-0.2, -0.15) is 4.98 Å². The van der Waals surface area contributed by atoms with Crippen molar-refractivity contribution < 1.29 is 9.53 Å². The number of fused-ring (bicyclic) bond motifs is 1. The molecule has 0 fully saturated rings. The highest BCUT2D eigenvalue weighted by molar-refractivity contribution is 6.05. The maximum atomic E-state index is 13.5. The maximum Gasteiger partial charge on any atom is 0.255 e. The van der Waals surface area contributed by atoms with E-state index < -0.39 is 6.04 Å². The van der Waals surface area contributed by atoms with Crippen molar-refractivity contribution in [2.75, 3.05) is 17.2 Å². The average molecular weight is 454 g/mol. The van der Waals surface area contributed by atoms with Crippen LogP contribution in [-0.2, 0) is 4.79 Å². The van der Waals surface area contributed by atoms with E-state index >= 15 is 0 Å². The van der Waals surface area contributed by atoms with Crippen LogP contribution < -0.4 is 15.4 Å². The number of amides is 1. The summed E-state index contributed by atoms with van der Waals surface area (Å²) >= 11 is 0. The number of carbonyl (C=O) groups is 1. The number of hydrogen-bond donors (Lipinski definition) is 2. The quantitative estimate of drug-likeness (QED) is 0.453. The van der Waals surface area contributed by atoms with Crippen LogP contribution in [-0.4, -0.2) is 37.2 Å². The lowest BCUT2D eigenvalue weighted by atomic mass is 9.95. The van der Waals surface area contributed by atoms with E-state index in [0.717, 1.165) is 16.9 Å². The number of pyridine rings is 2. The second-order valence-electron chi connectivity index (χ2n) is 7.70. The van der Waals surface area contributed by atoms with Crippen LogP contribution in [0.2, 0.25) is 0 Å². The van der Waals surface area contributed by atoms with Gasteiger partial charge in [-0.15, -0.1) is 5.10 Å². The summed E-state index contributed by atoms with van der Waals surface area (Å²) in [5.74, 6) is 1.62. The van der Waals surface area contributed by atoms with Gasteiger partial charge in [0.25, 0.3) is 5.91 Å². The van der Waals surface area contributed by atoms with E-state index in [2.05, 4.69) is 25.6 Å². The standard InChI is InChI=1S/C25H23N7O2/c1-3-34-20-8-6-17(7-9-20)22-21(24(33)29-19-5-4-12-27-15-19)16(2)28-25-30-23(31-32(22)25)18-10-13-26-14-11-18/h4-15,22H,3H2,1-2H3,(H,29,33)(H,28,30,31). The summed E-state index contributed by atoms with van der Waals surface area (Å²) in [4.78, 5) is 26.3. The molecule has 3 aromatic heterocycles. The molecule has 0 aliphatic carbocycles. The third kappa shape index (κ3) is 4.11. The number of carbonyl (C=O) groups excluding carboxylic acids is 1. The fourth-order valence-corrected chi connectivity index (χ4v) is 3.92. The van der Waals surface area contributed by atoms with Gasteiger partial charge in [0.1, 0.15) is 11.8 Å². The van der Waals surface area contributed by atoms with Gasteiger partial charge < -0.3 is 15.4 Å². The second kappa shape index (κ2) is 9.14. The molecule has 9 heteroatoms. The van der Waals surface area contributed by atoms with Gasteiger partial charge >= 0.3 is 0 Å². The minimum absolute atomic E-state index is 0.247. The first-order valence-electron chi connectivity index (χ1n) is 10.9. The van der Waals surface area contributed by atoms with E-state index in [1.54, 1.807) is 41.6 Å². The highest BCUT2D eigenvalue weighted by Gasteiger charge is 2.34. The lowest BCUT2D eigenvalue weighted by Gasteiger charge is -2.28. The van der Waals surface area contributed by atoms with Crippen LogP contribution in [0, 0.1) is 0 Å². The summed E-state index contributed by atoms with van der Waals surface area (Å²) in [7, 11) is 0. The predicted octanol–water partition coefficient (Wildman–Crippen LogP) is 4.06. The van der Waals surface area contributed by atoms with E-state index in [9.17, 15) is 4.79 Å². The first kappa shape index (κ1) is 21.3. The molecule has 5 rings (SSSR count). The van der Waals surface area contributed by atoms with Gasteiger partial charge in [0.2, 0.25) is 5.95 Å². The molecule has 4 heterocycles. The Balaban J connectivity index is 1.59. The van der Waals surface area contributed by atoms with Crippen molar-refractivity contribution in [3.8, 4) is 17.1 Å². The molecule has 34 heavy (non-hydrogen) atoms. The minimum atomic E-state index is -0.494. The Morgan fingerprint density at radius 1 is 1.09 bits per heavy atom. The van der Waals surface area contributed by atoms with Crippen molar-refractivity contribution in [2.45, 2.75) is 19.9 Å². The van der Waals surface area contributed by atoms with E-state index in [1.807, 2.05) is 50.2 Å². The predicted molar refractivity (Wildman–Crippen MR) is 128 cm³/mol. The third-order valence-electron chi connectivity index (χ3n) is 5.46. The van der Waals surface area contributed by atoms with Gasteiger partial charge in [-0.25, -0.2) is 4.68 Å². The monoisotopic (exact) mass is 453 g/mol. The molecule has 1 unspecified atom stereocenters. The summed E-state index contributed by atoms with van der Waals surface area (Å²) in [6, 6.07) is 14.5. The molecule has 0 spiro atoms. The van der Waals surface area contributed by atoms with Crippen LogP contribution in [0.4, 0.5) is 11.6 Å². The molecule has 9 nitrogen and oxygen atoms in total. The molecule has 1 atom stereocenters. The molecule has 1 aromatic carbocycles. The molecular weight excluding hydrogens is 430 g/mol. The number of hydrogen-bond acceptors (Lipinski definition) is 7. The molecule has 0 radical (unpaired) electrons. The zero-order valence-corrected chi connectivity index (χ0v) is 18.8. The first-order chi connectivity index (χ1) is 16.6.